The van der Waals surface area contributed by atoms with Gasteiger partial charge in [-0.15, -0.1) is 0 Å². The Morgan fingerprint density at radius 3 is 2.08 bits per heavy atom. The van der Waals surface area contributed by atoms with Gasteiger partial charge in [0.15, 0.2) is 0 Å². The van der Waals surface area contributed by atoms with Crippen LogP contribution in [-0.2, 0) is 9.59 Å². The van der Waals surface area contributed by atoms with Crippen LogP contribution in [0.4, 0.5) is 11.4 Å². The van der Waals surface area contributed by atoms with Crippen molar-refractivity contribution in [3.05, 3.63) is 70.2 Å². The van der Waals surface area contributed by atoms with E-state index in [2.05, 4.69) is 26.6 Å². The Balaban J connectivity index is 1.72. The molecule has 6 heteroatoms. The van der Waals surface area contributed by atoms with Crippen molar-refractivity contribution in [1.29, 1.82) is 0 Å². The van der Waals surface area contributed by atoms with Crippen molar-refractivity contribution < 1.29 is 9.59 Å². The van der Waals surface area contributed by atoms with Crippen LogP contribution in [0.1, 0.15) is 12.8 Å². The number of carbonyl (C=O) groups is 2. The molecule has 2 N–H and O–H groups in total. The second kappa shape index (κ2) is 8.52. The molecular formula is C20H18BrClN2O2. The van der Waals surface area contributed by atoms with Gasteiger partial charge in [-0.05, 0) is 49.2 Å². The van der Waals surface area contributed by atoms with Gasteiger partial charge in [-0.1, -0.05) is 51.8 Å². The number of halogens is 2. The fraction of sp³-hybridized carbons (Fsp3) is 0.200. The first-order valence-corrected chi connectivity index (χ1v) is 9.48. The van der Waals surface area contributed by atoms with E-state index in [1.807, 2.05) is 36.4 Å². The van der Waals surface area contributed by atoms with Gasteiger partial charge >= 0.3 is 0 Å². The smallest absolute Gasteiger partial charge is 0.228 e. The third kappa shape index (κ3) is 4.54. The summed E-state index contributed by atoms with van der Waals surface area (Å²) in [5, 5.41) is 6.22. The van der Waals surface area contributed by atoms with Gasteiger partial charge in [-0.3, -0.25) is 9.59 Å². The summed E-state index contributed by atoms with van der Waals surface area (Å²) >= 11 is 9.48. The number of para-hydroxylation sites is 1. The second-order valence-electron chi connectivity index (χ2n) is 6.12. The van der Waals surface area contributed by atoms with E-state index in [0.717, 1.165) is 4.47 Å². The Morgan fingerprint density at radius 2 is 1.46 bits per heavy atom. The Morgan fingerprint density at radius 1 is 0.885 bits per heavy atom. The summed E-state index contributed by atoms with van der Waals surface area (Å²) in [7, 11) is 0. The highest BCUT2D eigenvalue weighted by Gasteiger charge is 2.34. The molecule has 0 heterocycles. The van der Waals surface area contributed by atoms with Crippen molar-refractivity contribution in [3.63, 3.8) is 0 Å². The lowest BCUT2D eigenvalue weighted by Gasteiger charge is -2.27. The molecule has 1 aliphatic carbocycles. The van der Waals surface area contributed by atoms with E-state index < -0.39 is 11.8 Å². The number of allylic oxidation sites excluding steroid dienone is 2. The molecule has 2 atom stereocenters. The Hall–Kier alpha value is -2.11. The minimum atomic E-state index is -0.438. The topological polar surface area (TPSA) is 58.2 Å². The quantitative estimate of drug-likeness (QED) is 0.646. The normalized spacial score (nSPS) is 19.0. The van der Waals surface area contributed by atoms with Crippen LogP contribution in [0.5, 0.6) is 0 Å². The molecule has 134 valence electrons. The van der Waals surface area contributed by atoms with Gasteiger partial charge < -0.3 is 10.6 Å². The predicted octanol–water partition coefficient (Wildman–Crippen LogP) is 5.26. The summed E-state index contributed by atoms with van der Waals surface area (Å²) in [6.07, 6.45) is 4.95. The van der Waals surface area contributed by atoms with Crippen LogP contribution in [-0.4, -0.2) is 11.8 Å². The average molecular weight is 434 g/mol. The molecule has 0 unspecified atom stereocenters. The number of hydrogen-bond acceptors (Lipinski definition) is 2. The molecule has 2 amide bonds. The van der Waals surface area contributed by atoms with Gasteiger partial charge in [-0.25, -0.2) is 0 Å². The summed E-state index contributed by atoms with van der Waals surface area (Å²) in [4.78, 5) is 25.5. The lowest BCUT2D eigenvalue weighted by molar-refractivity contribution is -0.129. The third-order valence-electron chi connectivity index (χ3n) is 4.35. The highest BCUT2D eigenvalue weighted by molar-refractivity contribution is 9.10. The van der Waals surface area contributed by atoms with Crippen molar-refractivity contribution >= 4 is 50.7 Å². The van der Waals surface area contributed by atoms with E-state index in [1.165, 1.54) is 0 Å². The molecular weight excluding hydrogens is 416 g/mol. The molecule has 4 nitrogen and oxygen atoms in total. The summed E-state index contributed by atoms with van der Waals surface area (Å²) in [6, 6.07) is 14.4. The molecule has 0 radical (unpaired) electrons. The maximum atomic E-state index is 12.7. The van der Waals surface area contributed by atoms with E-state index in [0.29, 0.717) is 29.2 Å². The summed E-state index contributed by atoms with van der Waals surface area (Å²) in [6.45, 7) is 0. The molecule has 0 saturated carbocycles. The van der Waals surface area contributed by atoms with Crippen LogP contribution >= 0.6 is 27.5 Å². The molecule has 1 aliphatic rings. The van der Waals surface area contributed by atoms with Crippen molar-refractivity contribution in [3.8, 4) is 0 Å². The van der Waals surface area contributed by atoms with Gasteiger partial charge in [0.2, 0.25) is 11.8 Å². The van der Waals surface area contributed by atoms with Gasteiger partial charge in [-0.2, -0.15) is 0 Å². The van der Waals surface area contributed by atoms with Crippen LogP contribution in [0, 0.1) is 11.8 Å². The molecule has 3 rings (SSSR count). The summed E-state index contributed by atoms with van der Waals surface area (Å²) in [5.74, 6) is -1.22. The largest absolute Gasteiger partial charge is 0.326 e. The number of hydrogen-bond donors (Lipinski definition) is 2. The van der Waals surface area contributed by atoms with Gasteiger partial charge in [0.25, 0.3) is 0 Å². The molecule has 2 aromatic rings. The highest BCUT2D eigenvalue weighted by Crippen LogP contribution is 2.30. The van der Waals surface area contributed by atoms with Crippen molar-refractivity contribution in [2.75, 3.05) is 10.6 Å². The fourth-order valence-corrected chi connectivity index (χ4v) is 3.40. The monoisotopic (exact) mass is 432 g/mol. The number of carbonyl (C=O) groups excluding carboxylic acids is 2. The lowest BCUT2D eigenvalue weighted by atomic mass is 9.81. The van der Waals surface area contributed by atoms with Gasteiger partial charge in [0.05, 0.1) is 22.5 Å². The van der Waals surface area contributed by atoms with Crippen LogP contribution < -0.4 is 10.6 Å². The van der Waals surface area contributed by atoms with E-state index in [4.69, 9.17) is 11.6 Å². The SMILES string of the molecule is O=C(Nc1ccccc1Cl)[C@H]1CC=CC[C@H]1C(=O)Nc1ccc(Br)cc1. The van der Waals surface area contributed by atoms with Crippen LogP contribution in [0.3, 0.4) is 0 Å². The van der Waals surface area contributed by atoms with E-state index in [1.54, 1.807) is 24.3 Å². The fourth-order valence-electron chi connectivity index (χ4n) is 2.95. The van der Waals surface area contributed by atoms with Gasteiger partial charge in [0, 0.05) is 10.2 Å². The number of rotatable bonds is 4. The minimum absolute atomic E-state index is 0.156. The first kappa shape index (κ1) is 18.7. The van der Waals surface area contributed by atoms with Crippen molar-refractivity contribution in [1.82, 2.24) is 0 Å². The molecule has 26 heavy (non-hydrogen) atoms. The van der Waals surface area contributed by atoms with Crippen molar-refractivity contribution in [2.24, 2.45) is 11.8 Å². The predicted molar refractivity (Wildman–Crippen MR) is 108 cm³/mol. The second-order valence-corrected chi connectivity index (χ2v) is 7.44. The number of anilines is 2. The van der Waals surface area contributed by atoms with Crippen LogP contribution in [0.2, 0.25) is 5.02 Å². The summed E-state index contributed by atoms with van der Waals surface area (Å²) in [5.41, 5.74) is 1.26. The summed E-state index contributed by atoms with van der Waals surface area (Å²) < 4.78 is 0.938. The average Bonchev–Trinajstić information content (AvgIpc) is 2.65. The molecule has 0 aliphatic heterocycles. The van der Waals surface area contributed by atoms with Crippen LogP contribution in [0.25, 0.3) is 0 Å². The highest BCUT2D eigenvalue weighted by atomic mass is 79.9. The number of nitrogens with one attached hydrogen (secondary N) is 2. The molecule has 0 fully saturated rings. The molecule has 0 saturated heterocycles. The molecule has 0 aromatic heterocycles. The Labute approximate surface area is 165 Å². The van der Waals surface area contributed by atoms with Gasteiger partial charge in [0.1, 0.15) is 0 Å². The van der Waals surface area contributed by atoms with Crippen molar-refractivity contribution in [2.45, 2.75) is 12.8 Å². The first-order chi connectivity index (χ1) is 12.5. The standard InChI is InChI=1S/C20H18BrClN2O2/c21-13-9-11-14(12-10-13)23-19(25)15-5-1-2-6-16(15)20(26)24-18-8-4-3-7-17(18)22/h1-4,7-12,15-16H,5-6H2,(H,23,25)(H,24,26)/t15-,16+/m1/s1. The van der Waals surface area contributed by atoms with E-state index in [9.17, 15) is 9.59 Å². The third-order valence-corrected chi connectivity index (χ3v) is 5.21. The maximum Gasteiger partial charge on any atom is 0.228 e. The molecule has 0 bridgehead atoms. The van der Waals surface area contributed by atoms with E-state index >= 15 is 0 Å². The zero-order chi connectivity index (χ0) is 18.5. The minimum Gasteiger partial charge on any atom is -0.326 e. The zero-order valence-electron chi connectivity index (χ0n) is 13.9. The van der Waals surface area contributed by atoms with E-state index in [-0.39, 0.29) is 11.8 Å². The van der Waals surface area contributed by atoms with Crippen LogP contribution in [0.15, 0.2) is 65.2 Å². The molecule has 0 spiro atoms. The maximum absolute atomic E-state index is 12.7. The first-order valence-electron chi connectivity index (χ1n) is 8.31. The Kier molecular flexibility index (Phi) is 6.12. The number of benzene rings is 2. The number of amides is 2. The molecule has 2 aromatic carbocycles. The lowest BCUT2D eigenvalue weighted by Crippen LogP contribution is -2.37. The Bertz CT molecular complexity index is 836. The zero-order valence-corrected chi connectivity index (χ0v) is 16.3.